The summed E-state index contributed by atoms with van der Waals surface area (Å²) in [7, 11) is 1.85. The van der Waals surface area contributed by atoms with Crippen molar-refractivity contribution < 1.29 is 33.0 Å². The van der Waals surface area contributed by atoms with Crippen molar-refractivity contribution in [2.75, 3.05) is 5.32 Å². The number of aromatic nitrogens is 5. The molecule has 2 aromatic rings. The molecule has 0 amide bonds. The lowest BCUT2D eigenvalue weighted by molar-refractivity contribution is -0.192. The van der Waals surface area contributed by atoms with Crippen molar-refractivity contribution in [3.8, 4) is 0 Å². The van der Waals surface area contributed by atoms with Crippen molar-refractivity contribution in [3.05, 3.63) is 29.6 Å². The van der Waals surface area contributed by atoms with Crippen LogP contribution in [0.2, 0.25) is 0 Å². The molecule has 1 saturated carbocycles. The molecule has 10 nitrogen and oxygen atoms in total. The number of aryl methyl sites for hydroxylation is 1. The number of hydrogen-bond acceptors (Lipinski definition) is 7. The largest absolute Gasteiger partial charge is 0.490 e. The maximum atomic E-state index is 10.7. The van der Waals surface area contributed by atoms with Crippen LogP contribution in [-0.2, 0) is 18.4 Å². The van der Waals surface area contributed by atoms with Gasteiger partial charge < -0.3 is 15.5 Å². The molecular weight excluding hydrogens is 373 g/mol. The van der Waals surface area contributed by atoms with Crippen molar-refractivity contribution in [2.24, 2.45) is 7.05 Å². The number of aromatic carboxylic acids is 1. The summed E-state index contributed by atoms with van der Waals surface area (Å²) in [6, 6.07) is 0. The molecule has 3 rings (SSSR count). The van der Waals surface area contributed by atoms with Crippen LogP contribution in [0.15, 0.2) is 12.4 Å². The van der Waals surface area contributed by atoms with Gasteiger partial charge in [0.1, 0.15) is 5.82 Å². The molecule has 146 valence electrons. The van der Waals surface area contributed by atoms with E-state index < -0.39 is 18.1 Å². The number of carbonyl (C=O) groups is 2. The van der Waals surface area contributed by atoms with Gasteiger partial charge in [-0.25, -0.2) is 24.5 Å². The molecule has 0 atom stereocenters. The minimum absolute atomic E-state index is 0.0604. The molecule has 1 aliphatic carbocycles. The number of rotatable bonds is 5. The van der Waals surface area contributed by atoms with Gasteiger partial charge in [-0.2, -0.15) is 18.3 Å². The summed E-state index contributed by atoms with van der Waals surface area (Å²) < 4.78 is 33.5. The van der Waals surface area contributed by atoms with E-state index in [2.05, 4.69) is 25.4 Å². The van der Waals surface area contributed by atoms with Gasteiger partial charge in [0.2, 0.25) is 5.95 Å². The van der Waals surface area contributed by atoms with E-state index >= 15 is 0 Å². The second-order valence-electron chi connectivity index (χ2n) is 5.54. The molecule has 0 unspecified atom stereocenters. The summed E-state index contributed by atoms with van der Waals surface area (Å²) >= 11 is 0. The van der Waals surface area contributed by atoms with E-state index in [-0.39, 0.29) is 5.56 Å². The van der Waals surface area contributed by atoms with E-state index in [0.29, 0.717) is 18.4 Å². The van der Waals surface area contributed by atoms with Crippen molar-refractivity contribution in [3.63, 3.8) is 0 Å². The molecule has 0 bridgehead atoms. The van der Waals surface area contributed by atoms with Gasteiger partial charge in [0.15, 0.2) is 5.82 Å². The minimum Gasteiger partial charge on any atom is -0.478 e. The number of halogens is 3. The van der Waals surface area contributed by atoms with Gasteiger partial charge in [0, 0.05) is 25.4 Å². The van der Waals surface area contributed by atoms with Gasteiger partial charge in [-0.1, -0.05) is 0 Å². The topological polar surface area (TPSA) is 143 Å². The Morgan fingerprint density at radius 3 is 2.26 bits per heavy atom. The second kappa shape index (κ2) is 7.97. The number of aliphatic carboxylic acids is 1. The molecule has 1 fully saturated rings. The Kier molecular flexibility index (Phi) is 5.92. The summed E-state index contributed by atoms with van der Waals surface area (Å²) in [5.74, 6) is -1.22. The lowest BCUT2D eigenvalue weighted by Gasteiger charge is -2.03. The van der Waals surface area contributed by atoms with Crippen LogP contribution in [-0.4, -0.2) is 53.1 Å². The van der Waals surface area contributed by atoms with Crippen molar-refractivity contribution in [2.45, 2.75) is 31.5 Å². The van der Waals surface area contributed by atoms with Crippen LogP contribution in [0, 0.1) is 0 Å². The number of carboxylic acid groups (broad SMARTS) is 2. The molecule has 2 heterocycles. The van der Waals surface area contributed by atoms with E-state index in [1.54, 1.807) is 4.68 Å². The van der Waals surface area contributed by atoms with E-state index in [1.165, 1.54) is 12.4 Å². The normalized spacial score (nSPS) is 13.5. The standard InChI is InChI=1S/C12H14N6O2.C2HF3O2/c1-18-9(16-10(17-18)7-2-3-7)6-15-12-13-4-8(5-14-12)11(19)20;3-2(4,5)1(6)7/h4-5,7H,2-3,6H2,1H3,(H,19,20)(H,13,14,15);(H,6,7). The van der Waals surface area contributed by atoms with Crippen molar-refractivity contribution in [1.82, 2.24) is 24.7 Å². The molecule has 0 aromatic carbocycles. The predicted molar refractivity (Wildman–Crippen MR) is 83.0 cm³/mol. The molecule has 0 spiro atoms. The highest BCUT2D eigenvalue weighted by Crippen LogP contribution is 2.37. The molecule has 0 radical (unpaired) electrons. The Bertz CT molecular complexity index is 817. The molecule has 0 saturated heterocycles. The molecular formula is C14H15F3N6O4. The lowest BCUT2D eigenvalue weighted by Crippen LogP contribution is -2.21. The van der Waals surface area contributed by atoms with Gasteiger partial charge in [0.25, 0.3) is 0 Å². The fourth-order valence-corrected chi connectivity index (χ4v) is 1.79. The zero-order valence-corrected chi connectivity index (χ0v) is 13.9. The van der Waals surface area contributed by atoms with Crippen LogP contribution in [0.1, 0.15) is 40.8 Å². The van der Waals surface area contributed by atoms with Crippen LogP contribution in [0.5, 0.6) is 0 Å². The lowest BCUT2D eigenvalue weighted by atomic mass is 10.3. The average molecular weight is 388 g/mol. The van der Waals surface area contributed by atoms with Crippen LogP contribution in [0.3, 0.4) is 0 Å². The SMILES string of the molecule is Cn1nc(C2CC2)nc1CNc1ncc(C(=O)O)cn1.O=C(O)C(F)(F)F. The quantitative estimate of drug-likeness (QED) is 0.693. The Morgan fingerprint density at radius 1 is 1.26 bits per heavy atom. The highest BCUT2D eigenvalue weighted by Gasteiger charge is 2.38. The van der Waals surface area contributed by atoms with E-state index in [0.717, 1.165) is 24.5 Å². The number of anilines is 1. The van der Waals surface area contributed by atoms with Crippen molar-refractivity contribution in [1.29, 1.82) is 0 Å². The van der Waals surface area contributed by atoms with Crippen LogP contribution < -0.4 is 5.32 Å². The van der Waals surface area contributed by atoms with Gasteiger partial charge >= 0.3 is 18.1 Å². The van der Waals surface area contributed by atoms with Gasteiger partial charge in [-0.3, -0.25) is 4.68 Å². The third-order valence-corrected chi connectivity index (χ3v) is 3.36. The number of alkyl halides is 3. The summed E-state index contributed by atoms with van der Waals surface area (Å²) in [5, 5.41) is 23.3. The Morgan fingerprint density at radius 2 is 1.81 bits per heavy atom. The number of nitrogens with one attached hydrogen (secondary N) is 1. The summed E-state index contributed by atoms with van der Waals surface area (Å²) in [6.07, 6.45) is -0.221. The molecule has 27 heavy (non-hydrogen) atoms. The van der Waals surface area contributed by atoms with E-state index in [1.807, 2.05) is 7.05 Å². The Labute approximate surface area is 150 Å². The van der Waals surface area contributed by atoms with Gasteiger partial charge in [-0.15, -0.1) is 0 Å². The fraction of sp³-hybridized carbons (Fsp3) is 0.429. The molecule has 13 heteroatoms. The third kappa shape index (κ3) is 5.90. The highest BCUT2D eigenvalue weighted by atomic mass is 19.4. The minimum atomic E-state index is -5.08. The zero-order chi connectivity index (χ0) is 20.2. The smallest absolute Gasteiger partial charge is 0.478 e. The van der Waals surface area contributed by atoms with Crippen LogP contribution in [0.4, 0.5) is 19.1 Å². The summed E-state index contributed by atoms with van der Waals surface area (Å²) in [4.78, 5) is 31.9. The van der Waals surface area contributed by atoms with Gasteiger partial charge in [0.05, 0.1) is 12.1 Å². The van der Waals surface area contributed by atoms with E-state index in [9.17, 15) is 18.0 Å². The molecule has 2 aromatic heterocycles. The first-order valence-electron chi connectivity index (χ1n) is 7.57. The number of hydrogen-bond donors (Lipinski definition) is 3. The maximum Gasteiger partial charge on any atom is 0.490 e. The maximum absolute atomic E-state index is 10.7. The average Bonchev–Trinajstić information content (AvgIpc) is 3.37. The highest BCUT2D eigenvalue weighted by molar-refractivity contribution is 5.86. The van der Waals surface area contributed by atoms with E-state index in [4.69, 9.17) is 15.0 Å². The zero-order valence-electron chi connectivity index (χ0n) is 13.9. The number of carboxylic acids is 2. The monoisotopic (exact) mass is 388 g/mol. The summed E-state index contributed by atoms with van der Waals surface area (Å²) in [5.41, 5.74) is 0.0604. The first-order valence-corrected chi connectivity index (χ1v) is 7.57. The summed E-state index contributed by atoms with van der Waals surface area (Å²) in [6.45, 7) is 0.447. The molecule has 0 aliphatic heterocycles. The Balaban J connectivity index is 0.000000321. The van der Waals surface area contributed by atoms with Crippen molar-refractivity contribution >= 4 is 17.9 Å². The molecule has 1 aliphatic rings. The third-order valence-electron chi connectivity index (χ3n) is 3.36. The predicted octanol–water partition coefficient (Wildman–Crippen LogP) is 1.43. The molecule has 3 N–H and O–H groups in total. The van der Waals surface area contributed by atoms with Crippen LogP contribution in [0.25, 0.3) is 0 Å². The first kappa shape index (κ1) is 20.1. The fourth-order valence-electron chi connectivity index (χ4n) is 1.79. The first-order chi connectivity index (χ1) is 12.6. The second-order valence-corrected chi connectivity index (χ2v) is 5.54. The Hall–Kier alpha value is -3.25. The van der Waals surface area contributed by atoms with Crippen LogP contribution >= 0.6 is 0 Å². The van der Waals surface area contributed by atoms with Gasteiger partial charge in [-0.05, 0) is 12.8 Å². The number of nitrogens with zero attached hydrogens (tertiary/aromatic N) is 5.